The summed E-state index contributed by atoms with van der Waals surface area (Å²) in [4.78, 5) is 28.1. The first kappa shape index (κ1) is 19.3. The fourth-order valence-electron chi connectivity index (χ4n) is 3.08. The molecule has 1 amide bonds. The third kappa shape index (κ3) is 4.37. The van der Waals surface area contributed by atoms with Crippen molar-refractivity contribution in [2.45, 2.75) is 43.1 Å². The molecule has 0 saturated heterocycles. The van der Waals surface area contributed by atoms with Gasteiger partial charge in [-0.25, -0.2) is 0 Å². The van der Waals surface area contributed by atoms with Crippen LogP contribution < -0.4 is 5.32 Å². The van der Waals surface area contributed by atoms with E-state index in [1.165, 1.54) is 18.7 Å². The van der Waals surface area contributed by atoms with Crippen molar-refractivity contribution in [2.24, 2.45) is 0 Å². The Bertz CT molecular complexity index is 1030. The van der Waals surface area contributed by atoms with Crippen molar-refractivity contribution in [2.75, 3.05) is 5.32 Å². The summed E-state index contributed by atoms with van der Waals surface area (Å²) >= 11 is 1.43. The molecule has 1 aliphatic rings. The van der Waals surface area contributed by atoms with Gasteiger partial charge in [-0.05, 0) is 56.2 Å². The van der Waals surface area contributed by atoms with Crippen molar-refractivity contribution in [1.82, 2.24) is 19.7 Å². The summed E-state index contributed by atoms with van der Waals surface area (Å²) < 4.78 is 2.14. The highest BCUT2D eigenvalue weighted by Gasteiger charge is 2.31. The molecule has 29 heavy (non-hydrogen) atoms. The molecule has 0 unspecified atom stereocenters. The van der Waals surface area contributed by atoms with Crippen LogP contribution >= 0.6 is 11.8 Å². The summed E-state index contributed by atoms with van der Waals surface area (Å²) in [5, 5.41) is 11.9. The SMILES string of the molecule is CC(=O)Nc1ccc(C(=O)[C@@H](C)Sc2nnc(-c3ccncc3)n2C2CC2)cc1. The minimum atomic E-state index is -0.311. The molecule has 0 spiro atoms. The van der Waals surface area contributed by atoms with E-state index in [9.17, 15) is 9.59 Å². The first-order chi connectivity index (χ1) is 14.0. The van der Waals surface area contributed by atoms with Gasteiger partial charge in [0.2, 0.25) is 5.91 Å². The Hall–Kier alpha value is -3.00. The zero-order valence-electron chi connectivity index (χ0n) is 16.2. The van der Waals surface area contributed by atoms with Crippen LogP contribution in [0.15, 0.2) is 53.9 Å². The van der Waals surface area contributed by atoms with E-state index in [1.807, 2.05) is 19.1 Å². The Morgan fingerprint density at radius 2 is 1.79 bits per heavy atom. The number of nitrogens with zero attached hydrogens (tertiary/aromatic N) is 4. The van der Waals surface area contributed by atoms with Gasteiger partial charge in [0.15, 0.2) is 16.8 Å². The van der Waals surface area contributed by atoms with E-state index in [0.717, 1.165) is 29.4 Å². The Balaban J connectivity index is 1.52. The van der Waals surface area contributed by atoms with E-state index >= 15 is 0 Å². The van der Waals surface area contributed by atoms with E-state index in [-0.39, 0.29) is 16.9 Å². The molecular formula is C21H21N5O2S. The standard InChI is InChI=1S/C21H21N5O2S/c1-13(19(28)15-3-5-17(6-4-15)23-14(2)27)29-21-25-24-20(26(21)18-7-8-18)16-9-11-22-12-10-16/h3-6,9-13,18H,7-8H2,1-2H3,(H,23,27)/t13-/m1/s1. The monoisotopic (exact) mass is 407 g/mol. The van der Waals surface area contributed by atoms with Gasteiger partial charge in [-0.2, -0.15) is 0 Å². The Labute approximate surface area is 173 Å². The molecule has 1 N–H and O–H groups in total. The lowest BCUT2D eigenvalue weighted by atomic mass is 10.1. The number of anilines is 1. The lowest BCUT2D eigenvalue weighted by molar-refractivity contribution is -0.114. The number of hydrogen-bond donors (Lipinski definition) is 1. The van der Waals surface area contributed by atoms with Gasteiger partial charge < -0.3 is 5.32 Å². The van der Waals surface area contributed by atoms with E-state index in [2.05, 4.69) is 25.1 Å². The Kier molecular flexibility index (Phi) is 5.44. The van der Waals surface area contributed by atoms with Crippen molar-refractivity contribution in [1.29, 1.82) is 0 Å². The van der Waals surface area contributed by atoms with Gasteiger partial charge in [-0.3, -0.25) is 19.1 Å². The predicted molar refractivity (Wildman–Crippen MR) is 112 cm³/mol. The molecule has 8 heteroatoms. The predicted octanol–water partition coefficient (Wildman–Crippen LogP) is 4.00. The maximum Gasteiger partial charge on any atom is 0.221 e. The molecule has 0 aliphatic heterocycles. The van der Waals surface area contributed by atoms with E-state index < -0.39 is 0 Å². The van der Waals surface area contributed by atoms with Crippen molar-refractivity contribution in [3.05, 3.63) is 54.4 Å². The second-order valence-electron chi connectivity index (χ2n) is 7.03. The molecule has 1 fully saturated rings. The lowest BCUT2D eigenvalue weighted by Gasteiger charge is -2.13. The summed E-state index contributed by atoms with van der Waals surface area (Å²) in [6, 6.07) is 11.2. The second kappa shape index (κ2) is 8.16. The van der Waals surface area contributed by atoms with Crippen LogP contribution in [0, 0.1) is 0 Å². The first-order valence-electron chi connectivity index (χ1n) is 9.47. The average Bonchev–Trinajstić information content (AvgIpc) is 3.48. The number of pyridine rings is 1. The third-order valence-electron chi connectivity index (χ3n) is 4.66. The minimum absolute atomic E-state index is 0.0141. The number of rotatable bonds is 7. The smallest absolute Gasteiger partial charge is 0.221 e. The number of thioether (sulfide) groups is 1. The fraction of sp³-hybridized carbons (Fsp3) is 0.286. The number of amides is 1. The second-order valence-corrected chi connectivity index (χ2v) is 8.33. The zero-order chi connectivity index (χ0) is 20.4. The van der Waals surface area contributed by atoms with Crippen molar-refractivity contribution < 1.29 is 9.59 Å². The number of ketones is 1. The highest BCUT2D eigenvalue weighted by atomic mass is 32.2. The largest absolute Gasteiger partial charge is 0.326 e. The number of nitrogens with one attached hydrogen (secondary N) is 1. The molecule has 1 aliphatic carbocycles. The zero-order valence-corrected chi connectivity index (χ0v) is 17.0. The van der Waals surface area contributed by atoms with Gasteiger partial charge in [-0.1, -0.05) is 11.8 Å². The van der Waals surface area contributed by atoms with Gasteiger partial charge in [0.05, 0.1) is 5.25 Å². The maximum atomic E-state index is 12.9. The van der Waals surface area contributed by atoms with Crippen LogP contribution in [0.4, 0.5) is 5.69 Å². The molecule has 148 valence electrons. The molecule has 1 saturated carbocycles. The molecule has 1 aromatic carbocycles. The topological polar surface area (TPSA) is 89.8 Å². The Morgan fingerprint density at radius 3 is 2.41 bits per heavy atom. The molecule has 3 aromatic rings. The van der Waals surface area contributed by atoms with Gasteiger partial charge in [0.25, 0.3) is 0 Å². The van der Waals surface area contributed by atoms with Crippen molar-refractivity contribution in [3.63, 3.8) is 0 Å². The maximum absolute atomic E-state index is 12.9. The normalized spacial score (nSPS) is 14.4. The van der Waals surface area contributed by atoms with Crippen molar-refractivity contribution in [3.8, 4) is 11.4 Å². The molecular weight excluding hydrogens is 386 g/mol. The summed E-state index contributed by atoms with van der Waals surface area (Å²) in [6.07, 6.45) is 5.67. The number of carbonyl (C=O) groups excluding carboxylic acids is 2. The summed E-state index contributed by atoms with van der Waals surface area (Å²) in [6.45, 7) is 3.33. The van der Waals surface area contributed by atoms with Gasteiger partial charge in [0.1, 0.15) is 0 Å². The van der Waals surface area contributed by atoms with Crippen LogP contribution in [0.5, 0.6) is 0 Å². The number of aromatic nitrogens is 4. The lowest BCUT2D eigenvalue weighted by Crippen LogP contribution is -2.15. The van der Waals surface area contributed by atoms with Crippen molar-refractivity contribution >= 4 is 29.1 Å². The van der Waals surface area contributed by atoms with Gasteiger partial charge in [-0.15, -0.1) is 10.2 Å². The van der Waals surface area contributed by atoms with Gasteiger partial charge in [0, 0.05) is 42.2 Å². The van der Waals surface area contributed by atoms with Crippen LogP contribution in [-0.2, 0) is 4.79 Å². The molecule has 2 aromatic heterocycles. The van der Waals surface area contributed by atoms with E-state index in [4.69, 9.17) is 0 Å². The molecule has 1 atom stereocenters. The fourth-order valence-corrected chi connectivity index (χ4v) is 4.08. The molecule has 2 heterocycles. The Morgan fingerprint density at radius 1 is 1.10 bits per heavy atom. The highest BCUT2D eigenvalue weighted by molar-refractivity contribution is 8.00. The number of hydrogen-bond acceptors (Lipinski definition) is 6. The van der Waals surface area contributed by atoms with E-state index in [1.54, 1.807) is 36.7 Å². The first-order valence-corrected chi connectivity index (χ1v) is 10.3. The molecule has 0 radical (unpaired) electrons. The number of benzene rings is 1. The van der Waals surface area contributed by atoms with Crippen LogP contribution in [-0.4, -0.2) is 36.7 Å². The quantitative estimate of drug-likeness (QED) is 0.470. The summed E-state index contributed by atoms with van der Waals surface area (Å²) in [5.41, 5.74) is 2.24. The summed E-state index contributed by atoms with van der Waals surface area (Å²) in [5.74, 6) is 0.689. The highest BCUT2D eigenvalue weighted by Crippen LogP contribution is 2.41. The number of Topliss-reactive ketones (excluding diaryl/α,β-unsaturated/α-hetero) is 1. The van der Waals surface area contributed by atoms with Crippen LogP contribution in [0.1, 0.15) is 43.1 Å². The molecule has 0 bridgehead atoms. The van der Waals surface area contributed by atoms with E-state index in [0.29, 0.717) is 17.3 Å². The summed E-state index contributed by atoms with van der Waals surface area (Å²) in [7, 11) is 0. The third-order valence-corrected chi connectivity index (χ3v) is 5.71. The minimum Gasteiger partial charge on any atom is -0.326 e. The average molecular weight is 407 g/mol. The van der Waals surface area contributed by atoms with Gasteiger partial charge >= 0.3 is 0 Å². The number of carbonyl (C=O) groups is 2. The van der Waals surface area contributed by atoms with Crippen LogP contribution in [0.25, 0.3) is 11.4 Å². The molecule has 7 nitrogen and oxygen atoms in total. The van der Waals surface area contributed by atoms with Crippen LogP contribution in [0.3, 0.4) is 0 Å². The molecule has 4 rings (SSSR count). The van der Waals surface area contributed by atoms with Crippen LogP contribution in [0.2, 0.25) is 0 Å².